The van der Waals surface area contributed by atoms with E-state index in [1.807, 2.05) is 13.7 Å². The molecule has 0 aromatic heterocycles. The van der Waals surface area contributed by atoms with E-state index in [0.29, 0.717) is 16.3 Å². The van der Waals surface area contributed by atoms with Crippen molar-refractivity contribution in [1.82, 2.24) is 0 Å². The Morgan fingerprint density at radius 3 is 2.53 bits per heavy atom. The van der Waals surface area contributed by atoms with E-state index in [0.717, 1.165) is 6.42 Å². The first-order valence-electron chi connectivity index (χ1n) is 5.23. The number of phenols is 1. The van der Waals surface area contributed by atoms with Gasteiger partial charge in [-0.1, -0.05) is 25.2 Å². The number of phenolic OH excluding ortho intramolecular Hbond substituents is 1. The molecule has 0 aliphatic heterocycles. The molecule has 0 bridgehead atoms. The Hall–Kier alpha value is -1.52. The Morgan fingerprint density at radius 2 is 2.16 bits per heavy atom. The fourth-order valence-electron chi connectivity index (χ4n) is 0.888. The van der Waals surface area contributed by atoms with Crippen LogP contribution in [0.2, 0.25) is 0 Å². The number of thiocarbonyl (C=S) groups is 1. The minimum atomic E-state index is 0.117. The Morgan fingerprint density at radius 1 is 1.63 bits per heavy atom. The minimum Gasteiger partial charge on any atom is -0.504 e. The predicted octanol–water partition coefficient (Wildman–Crippen LogP) is 2.11. The summed E-state index contributed by atoms with van der Waals surface area (Å²) in [7, 11) is 3.71. The van der Waals surface area contributed by atoms with E-state index >= 15 is 0 Å². The van der Waals surface area contributed by atoms with Crippen molar-refractivity contribution in [3.63, 3.8) is 0 Å². The lowest BCUT2D eigenvalue weighted by molar-refractivity contribution is -0.0979. The number of para-hydroxylation sites is 1. The van der Waals surface area contributed by atoms with Crippen molar-refractivity contribution >= 4 is 39.6 Å². The van der Waals surface area contributed by atoms with E-state index < -0.39 is 0 Å². The van der Waals surface area contributed by atoms with E-state index in [9.17, 15) is 5.11 Å². The number of rotatable bonds is 3. The number of aromatic hydroxyl groups is 1. The normalized spacial score (nSPS) is 8.79. The van der Waals surface area contributed by atoms with Crippen LogP contribution in [0.3, 0.4) is 0 Å². The van der Waals surface area contributed by atoms with Crippen molar-refractivity contribution in [2.24, 2.45) is 10.5 Å². The molecule has 0 aliphatic rings. The summed E-state index contributed by atoms with van der Waals surface area (Å²) in [5.41, 5.74) is 5.67. The number of methoxy groups -OCH3 is 1. The van der Waals surface area contributed by atoms with Crippen LogP contribution in [-0.2, 0) is 4.79 Å². The molecule has 5 nitrogen and oxygen atoms in total. The van der Waals surface area contributed by atoms with Crippen molar-refractivity contribution in [2.75, 3.05) is 7.11 Å². The summed E-state index contributed by atoms with van der Waals surface area (Å²) in [6.07, 6.45) is 2.36. The number of nitrogens with two attached hydrogens (primary N) is 1. The highest BCUT2D eigenvalue weighted by atomic mass is 32.1. The van der Waals surface area contributed by atoms with Crippen molar-refractivity contribution in [1.29, 1.82) is 0 Å². The molecule has 7 heteroatoms. The Balaban J connectivity index is 0. The van der Waals surface area contributed by atoms with Crippen LogP contribution in [0.1, 0.15) is 18.9 Å². The first kappa shape index (κ1) is 19.8. The maximum atomic E-state index is 9.49. The molecular weight excluding hydrogens is 283 g/mol. The van der Waals surface area contributed by atoms with Crippen LogP contribution in [-0.4, -0.2) is 30.2 Å². The van der Waals surface area contributed by atoms with Gasteiger partial charge in [-0.05, 0) is 27.9 Å². The van der Waals surface area contributed by atoms with Crippen LogP contribution in [0.15, 0.2) is 23.0 Å². The monoisotopic (exact) mass is 302 g/mol. The second kappa shape index (κ2) is 12.9. The molecule has 1 aromatic rings. The maximum Gasteiger partial charge on any atom is 0.166 e. The van der Waals surface area contributed by atoms with Gasteiger partial charge in [-0.25, -0.2) is 0 Å². The third kappa shape index (κ3) is 9.11. The molecule has 0 fully saturated rings. The molecule has 0 amide bonds. The van der Waals surface area contributed by atoms with Gasteiger partial charge in [0.1, 0.15) is 6.79 Å². The van der Waals surface area contributed by atoms with Crippen LogP contribution in [0.25, 0.3) is 0 Å². The van der Waals surface area contributed by atoms with E-state index in [4.69, 9.17) is 15.3 Å². The molecule has 0 saturated carbocycles. The molecule has 0 aliphatic carbocycles. The first-order chi connectivity index (χ1) is 9.06. The Bertz CT molecular complexity index is 414. The Kier molecular flexibility index (Phi) is 13.5. The van der Waals surface area contributed by atoms with Gasteiger partial charge < -0.3 is 20.4 Å². The lowest BCUT2D eigenvalue weighted by atomic mass is 10.2. The van der Waals surface area contributed by atoms with Crippen LogP contribution >= 0.6 is 21.6 Å². The lowest BCUT2D eigenvalue weighted by Gasteiger charge is -2.04. The molecule has 0 saturated heterocycles. The van der Waals surface area contributed by atoms with Gasteiger partial charge in [0.05, 0.1) is 12.1 Å². The molecule has 3 N–H and O–H groups in total. The van der Waals surface area contributed by atoms with Crippen molar-refractivity contribution in [3.05, 3.63) is 23.8 Å². The lowest BCUT2D eigenvalue weighted by Crippen LogP contribution is -2.03. The molecular formula is C12H19N2O3PS. The number of carbonyl (C=O) groups is 1. The standard InChI is InChI=1S/C8H10NO2P.C3H7NS.CH2O/c1-11-7-4-2-3-6(5-9-12)8(7)10;1-2-3(4)5;1-2/h2-5,10H,12H2,1H3;2H2,1H3,(H2,4,5);1H2/b9-5+;;. The summed E-state index contributed by atoms with van der Waals surface area (Å²) >= 11 is 4.47. The second-order valence-electron chi connectivity index (χ2n) is 3.00. The fourth-order valence-corrected chi connectivity index (χ4v) is 1.05. The summed E-state index contributed by atoms with van der Waals surface area (Å²) in [5.74, 6) is 0.573. The largest absolute Gasteiger partial charge is 0.504 e. The first-order valence-corrected chi connectivity index (χ1v) is 6.15. The quantitative estimate of drug-likeness (QED) is 0.507. The number of ether oxygens (including phenoxy) is 1. The summed E-state index contributed by atoms with van der Waals surface area (Å²) in [6.45, 7) is 3.93. The number of benzene rings is 1. The van der Waals surface area contributed by atoms with Gasteiger partial charge in [0, 0.05) is 11.8 Å². The van der Waals surface area contributed by atoms with E-state index in [1.165, 1.54) is 7.11 Å². The average Bonchev–Trinajstić information content (AvgIpc) is 2.44. The van der Waals surface area contributed by atoms with Gasteiger partial charge in [-0.3, -0.25) is 4.76 Å². The zero-order valence-electron chi connectivity index (χ0n) is 11.0. The van der Waals surface area contributed by atoms with Crippen molar-refractivity contribution in [3.8, 4) is 11.5 Å². The third-order valence-corrected chi connectivity index (χ3v) is 2.25. The van der Waals surface area contributed by atoms with Gasteiger partial charge in [-0.15, -0.1) is 0 Å². The summed E-state index contributed by atoms with van der Waals surface area (Å²) in [5, 5.41) is 9.49. The fraction of sp³-hybridized carbons (Fsp3) is 0.250. The number of carbonyl (C=O) groups excluding carboxylic acids is 1. The van der Waals surface area contributed by atoms with Gasteiger partial charge in [0.25, 0.3) is 0 Å². The summed E-state index contributed by atoms with van der Waals surface area (Å²) < 4.78 is 8.63. The number of hydrogen-bond acceptors (Lipinski definition) is 5. The maximum absolute atomic E-state index is 9.49. The molecule has 106 valence electrons. The molecule has 1 atom stereocenters. The van der Waals surface area contributed by atoms with Crippen LogP contribution in [0.4, 0.5) is 0 Å². The molecule has 0 heterocycles. The average molecular weight is 302 g/mol. The highest BCUT2D eigenvalue weighted by Crippen LogP contribution is 2.27. The zero-order valence-corrected chi connectivity index (χ0v) is 13.0. The molecule has 19 heavy (non-hydrogen) atoms. The molecule has 1 aromatic carbocycles. The van der Waals surface area contributed by atoms with Crippen LogP contribution in [0, 0.1) is 0 Å². The molecule has 0 spiro atoms. The smallest absolute Gasteiger partial charge is 0.166 e. The van der Waals surface area contributed by atoms with Crippen molar-refractivity contribution in [2.45, 2.75) is 13.3 Å². The number of hydrogen-bond donors (Lipinski definition) is 2. The minimum absolute atomic E-state index is 0.117. The summed E-state index contributed by atoms with van der Waals surface area (Å²) in [6, 6.07) is 5.24. The molecule has 1 rings (SSSR count). The molecule has 0 radical (unpaired) electrons. The SMILES string of the molecule is C=O.CCC(N)=S.COc1cccc(/C=N/P)c1O. The van der Waals surface area contributed by atoms with Gasteiger partial charge in [-0.2, -0.15) is 0 Å². The van der Waals surface area contributed by atoms with Gasteiger partial charge >= 0.3 is 0 Å². The predicted molar refractivity (Wildman–Crippen MR) is 86.2 cm³/mol. The topological polar surface area (TPSA) is 84.9 Å². The van der Waals surface area contributed by atoms with E-state index in [-0.39, 0.29) is 5.75 Å². The summed E-state index contributed by atoms with van der Waals surface area (Å²) in [4.78, 5) is 8.59. The highest BCUT2D eigenvalue weighted by molar-refractivity contribution is 7.80. The van der Waals surface area contributed by atoms with Gasteiger partial charge in [0.2, 0.25) is 0 Å². The molecule has 1 unspecified atom stereocenters. The third-order valence-electron chi connectivity index (χ3n) is 1.81. The highest BCUT2D eigenvalue weighted by Gasteiger charge is 2.03. The zero-order chi connectivity index (χ0) is 15.3. The van der Waals surface area contributed by atoms with Crippen LogP contribution < -0.4 is 10.5 Å². The Labute approximate surface area is 121 Å². The van der Waals surface area contributed by atoms with E-state index in [1.54, 1.807) is 24.4 Å². The van der Waals surface area contributed by atoms with Crippen LogP contribution in [0.5, 0.6) is 11.5 Å². The second-order valence-corrected chi connectivity index (χ2v) is 3.82. The van der Waals surface area contributed by atoms with E-state index in [2.05, 4.69) is 26.4 Å². The van der Waals surface area contributed by atoms with Crippen molar-refractivity contribution < 1.29 is 14.6 Å². The number of nitrogens with zero attached hydrogens (tertiary/aromatic N) is 1. The van der Waals surface area contributed by atoms with Gasteiger partial charge in [0.15, 0.2) is 11.5 Å².